The van der Waals surface area contributed by atoms with Gasteiger partial charge in [-0.3, -0.25) is 4.98 Å². The first-order chi connectivity index (χ1) is 9.74. The second kappa shape index (κ2) is 5.25. The Kier molecular flexibility index (Phi) is 3.44. The van der Waals surface area contributed by atoms with Crippen LogP contribution in [0.1, 0.15) is 24.0 Å². The molecular weight excluding hydrogens is 274 g/mol. The molecule has 3 aromatic heterocycles. The van der Waals surface area contributed by atoms with Crippen LogP contribution in [-0.4, -0.2) is 24.3 Å². The van der Waals surface area contributed by atoms with Crippen molar-refractivity contribution in [2.24, 2.45) is 0 Å². The van der Waals surface area contributed by atoms with E-state index in [9.17, 15) is 0 Å². The lowest BCUT2D eigenvalue weighted by atomic mass is 10.2. The van der Waals surface area contributed by atoms with Crippen molar-refractivity contribution in [3.05, 3.63) is 41.6 Å². The van der Waals surface area contributed by atoms with E-state index in [0.29, 0.717) is 5.88 Å². The van der Waals surface area contributed by atoms with Crippen molar-refractivity contribution in [3.63, 3.8) is 0 Å². The SMILES string of the molecule is CCn1nc(C)c2nc(CCl)n(Cc3ccncc3)c21. The average Bonchev–Trinajstić information content (AvgIpc) is 2.99. The summed E-state index contributed by atoms with van der Waals surface area (Å²) in [6, 6.07) is 4.01. The highest BCUT2D eigenvalue weighted by Crippen LogP contribution is 2.22. The predicted octanol–water partition coefficient (Wildman–Crippen LogP) is 2.74. The summed E-state index contributed by atoms with van der Waals surface area (Å²) in [6.07, 6.45) is 3.60. The van der Waals surface area contributed by atoms with Crippen molar-refractivity contribution in [1.82, 2.24) is 24.3 Å². The van der Waals surface area contributed by atoms with Crippen LogP contribution in [0.25, 0.3) is 11.2 Å². The van der Waals surface area contributed by atoms with Gasteiger partial charge in [-0.25, -0.2) is 9.67 Å². The van der Waals surface area contributed by atoms with E-state index in [-0.39, 0.29) is 0 Å². The maximum absolute atomic E-state index is 6.05. The number of hydrogen-bond donors (Lipinski definition) is 0. The van der Waals surface area contributed by atoms with Gasteiger partial charge in [0, 0.05) is 18.9 Å². The monoisotopic (exact) mass is 289 g/mol. The molecule has 3 heterocycles. The molecule has 6 heteroatoms. The van der Waals surface area contributed by atoms with Crippen LogP contribution in [-0.2, 0) is 19.0 Å². The summed E-state index contributed by atoms with van der Waals surface area (Å²) < 4.78 is 4.12. The smallest absolute Gasteiger partial charge is 0.159 e. The van der Waals surface area contributed by atoms with Gasteiger partial charge < -0.3 is 4.57 Å². The Bertz CT molecular complexity index is 729. The topological polar surface area (TPSA) is 48.5 Å². The van der Waals surface area contributed by atoms with Crippen molar-refractivity contribution in [3.8, 4) is 0 Å². The van der Waals surface area contributed by atoms with Crippen molar-refractivity contribution >= 4 is 22.8 Å². The third kappa shape index (κ3) is 2.08. The van der Waals surface area contributed by atoms with E-state index < -0.39 is 0 Å². The maximum Gasteiger partial charge on any atom is 0.159 e. The Morgan fingerprint density at radius 2 is 2.00 bits per heavy atom. The summed E-state index contributed by atoms with van der Waals surface area (Å²) in [5.41, 5.74) is 4.10. The summed E-state index contributed by atoms with van der Waals surface area (Å²) in [6.45, 7) is 5.60. The van der Waals surface area contributed by atoms with E-state index in [2.05, 4.69) is 26.6 Å². The third-order valence-electron chi connectivity index (χ3n) is 3.39. The number of fused-ring (bicyclic) bond motifs is 1. The summed E-state index contributed by atoms with van der Waals surface area (Å²) in [4.78, 5) is 8.68. The Balaban J connectivity index is 2.16. The maximum atomic E-state index is 6.05. The molecular formula is C14H16ClN5. The van der Waals surface area contributed by atoms with Crippen LogP contribution in [0.15, 0.2) is 24.5 Å². The van der Waals surface area contributed by atoms with Gasteiger partial charge in [-0.1, -0.05) is 0 Å². The number of alkyl halides is 1. The molecule has 0 aromatic carbocycles. The Hall–Kier alpha value is -1.88. The number of aromatic nitrogens is 5. The number of hydrogen-bond acceptors (Lipinski definition) is 3. The van der Waals surface area contributed by atoms with Gasteiger partial charge in [-0.15, -0.1) is 11.6 Å². The van der Waals surface area contributed by atoms with Gasteiger partial charge in [-0.05, 0) is 31.5 Å². The fourth-order valence-electron chi connectivity index (χ4n) is 2.43. The lowest BCUT2D eigenvalue weighted by Gasteiger charge is -2.09. The van der Waals surface area contributed by atoms with E-state index in [1.54, 1.807) is 12.4 Å². The lowest BCUT2D eigenvalue weighted by Crippen LogP contribution is -2.09. The lowest BCUT2D eigenvalue weighted by molar-refractivity contribution is 0.639. The zero-order chi connectivity index (χ0) is 14.1. The molecule has 0 N–H and O–H groups in total. The second-order valence-electron chi connectivity index (χ2n) is 4.68. The average molecular weight is 290 g/mol. The minimum atomic E-state index is 0.392. The molecule has 0 aliphatic heterocycles. The molecule has 0 amide bonds. The van der Waals surface area contributed by atoms with E-state index in [1.807, 2.05) is 23.7 Å². The largest absolute Gasteiger partial charge is 0.307 e. The number of halogens is 1. The fraction of sp³-hybridized carbons (Fsp3) is 0.357. The van der Waals surface area contributed by atoms with Crippen LogP contribution in [0, 0.1) is 6.92 Å². The molecule has 3 rings (SSSR count). The quantitative estimate of drug-likeness (QED) is 0.694. The van der Waals surface area contributed by atoms with Crippen molar-refractivity contribution in [2.75, 3.05) is 0 Å². The Labute approximate surface area is 122 Å². The third-order valence-corrected chi connectivity index (χ3v) is 3.63. The zero-order valence-corrected chi connectivity index (χ0v) is 12.3. The van der Waals surface area contributed by atoms with Gasteiger partial charge in [0.1, 0.15) is 11.3 Å². The number of imidazole rings is 1. The van der Waals surface area contributed by atoms with Crippen LogP contribution >= 0.6 is 11.6 Å². The van der Waals surface area contributed by atoms with Gasteiger partial charge >= 0.3 is 0 Å². The Morgan fingerprint density at radius 1 is 1.25 bits per heavy atom. The van der Waals surface area contributed by atoms with Gasteiger partial charge in [0.15, 0.2) is 5.65 Å². The molecule has 0 radical (unpaired) electrons. The number of aryl methyl sites for hydroxylation is 2. The highest BCUT2D eigenvalue weighted by molar-refractivity contribution is 6.16. The van der Waals surface area contributed by atoms with Crippen molar-refractivity contribution < 1.29 is 0 Å². The van der Waals surface area contributed by atoms with Gasteiger partial charge in [0.25, 0.3) is 0 Å². The molecule has 0 spiro atoms. The van der Waals surface area contributed by atoms with Crippen LogP contribution < -0.4 is 0 Å². The van der Waals surface area contributed by atoms with Gasteiger partial charge in [0.2, 0.25) is 0 Å². The number of rotatable bonds is 4. The molecule has 104 valence electrons. The molecule has 0 atom stereocenters. The fourth-order valence-corrected chi connectivity index (χ4v) is 2.63. The van der Waals surface area contributed by atoms with Crippen molar-refractivity contribution in [2.45, 2.75) is 32.8 Å². The number of pyridine rings is 1. The van der Waals surface area contributed by atoms with E-state index >= 15 is 0 Å². The van der Waals surface area contributed by atoms with Crippen LogP contribution in [0.4, 0.5) is 0 Å². The first-order valence-electron chi connectivity index (χ1n) is 6.62. The molecule has 0 bridgehead atoms. The molecule has 0 saturated heterocycles. The molecule has 0 fully saturated rings. The summed E-state index contributed by atoms with van der Waals surface area (Å²) in [5, 5.41) is 4.52. The van der Waals surface area contributed by atoms with Crippen LogP contribution in [0.2, 0.25) is 0 Å². The molecule has 0 aliphatic carbocycles. The Morgan fingerprint density at radius 3 is 2.65 bits per heavy atom. The van der Waals surface area contributed by atoms with E-state index in [4.69, 9.17) is 11.6 Å². The minimum Gasteiger partial charge on any atom is -0.307 e. The van der Waals surface area contributed by atoms with Gasteiger partial charge in [0.05, 0.1) is 18.1 Å². The van der Waals surface area contributed by atoms with Crippen LogP contribution in [0.5, 0.6) is 0 Å². The van der Waals surface area contributed by atoms with Crippen molar-refractivity contribution in [1.29, 1.82) is 0 Å². The summed E-state index contributed by atoms with van der Waals surface area (Å²) in [7, 11) is 0. The molecule has 3 aromatic rings. The molecule has 5 nitrogen and oxygen atoms in total. The normalized spacial score (nSPS) is 11.3. The van der Waals surface area contributed by atoms with E-state index in [0.717, 1.165) is 35.8 Å². The molecule has 0 aliphatic rings. The summed E-state index contributed by atoms with van der Waals surface area (Å²) in [5.74, 6) is 1.27. The molecule has 20 heavy (non-hydrogen) atoms. The first-order valence-corrected chi connectivity index (χ1v) is 7.15. The molecule has 0 unspecified atom stereocenters. The number of nitrogens with zero attached hydrogens (tertiary/aromatic N) is 5. The van der Waals surface area contributed by atoms with Gasteiger partial charge in [-0.2, -0.15) is 5.10 Å². The highest BCUT2D eigenvalue weighted by Gasteiger charge is 2.17. The first kappa shape index (κ1) is 13.1. The van der Waals surface area contributed by atoms with Crippen LogP contribution in [0.3, 0.4) is 0 Å². The predicted molar refractivity (Wildman–Crippen MR) is 78.8 cm³/mol. The second-order valence-corrected chi connectivity index (χ2v) is 4.94. The zero-order valence-electron chi connectivity index (χ0n) is 11.5. The molecule has 0 saturated carbocycles. The minimum absolute atomic E-state index is 0.392. The van der Waals surface area contributed by atoms with E-state index in [1.165, 1.54) is 5.56 Å². The highest BCUT2D eigenvalue weighted by atomic mass is 35.5. The standard InChI is InChI=1S/C14H16ClN5/c1-3-20-14-13(10(2)18-20)17-12(8-15)19(14)9-11-4-6-16-7-5-11/h4-7H,3,8-9H2,1-2H3. The summed E-state index contributed by atoms with van der Waals surface area (Å²) >= 11 is 6.05.